The molecule has 28 rings (SSSR count). The summed E-state index contributed by atoms with van der Waals surface area (Å²) in [7, 11) is -7.24. The molecule has 0 aliphatic carbocycles. The van der Waals surface area contributed by atoms with Crippen molar-refractivity contribution in [2.75, 3.05) is 0 Å². The topological polar surface area (TPSA) is 116 Å². The first-order valence-electron chi connectivity index (χ1n) is 45.5. The molecule has 626 valence electrons. The maximum absolute atomic E-state index is 6.23. The lowest BCUT2D eigenvalue weighted by atomic mass is 10.0. The van der Waals surface area contributed by atoms with E-state index in [1.165, 1.54) is 37.1 Å². The minimum Gasteiger partial charge on any atom is -0.309 e. The van der Waals surface area contributed by atoms with Gasteiger partial charge >= 0.3 is 0 Å². The van der Waals surface area contributed by atoms with Crippen molar-refractivity contribution in [3.63, 3.8) is 0 Å². The average molecular weight is 1750 g/mol. The maximum atomic E-state index is 6.23. The number of aromatic nitrogens is 14. The van der Waals surface area contributed by atoms with Crippen molar-refractivity contribution in [2.45, 2.75) is 0 Å². The highest BCUT2D eigenvalue weighted by atomic mass is 28.3. The van der Waals surface area contributed by atoms with Crippen LogP contribution in [0.25, 0.3) is 189 Å². The van der Waals surface area contributed by atoms with Gasteiger partial charge in [-0.3, -0.25) is 22.5 Å². The van der Waals surface area contributed by atoms with E-state index in [-0.39, 0.29) is 0 Å². The molecule has 0 N–H and O–H groups in total. The van der Waals surface area contributed by atoms with Gasteiger partial charge in [0.2, 0.25) is 39.6 Å². The Bertz CT molecular complexity index is 9460. The molecule has 0 saturated heterocycles. The molecular weight excluding hydrogens is 1670 g/mol. The first-order valence-corrected chi connectivity index (χ1v) is 49.5. The van der Waals surface area contributed by atoms with Gasteiger partial charge in [0.25, 0.3) is 0 Å². The monoisotopic (exact) mass is 1740 g/mol. The zero-order valence-corrected chi connectivity index (χ0v) is 74.1. The number of hydrogen-bond acceptors (Lipinski definition) is 6. The van der Waals surface area contributed by atoms with Crippen molar-refractivity contribution in [1.29, 1.82) is 0 Å². The highest BCUT2D eigenvalue weighted by Crippen LogP contribution is 2.41. The van der Waals surface area contributed by atoms with E-state index in [2.05, 4.69) is 497 Å². The van der Waals surface area contributed by atoms with E-state index < -0.39 is 16.1 Å². The number of para-hydroxylation sites is 13. The Morgan fingerprint density at radius 2 is 0.470 bits per heavy atom. The van der Waals surface area contributed by atoms with E-state index in [1.54, 1.807) is 0 Å². The summed E-state index contributed by atoms with van der Waals surface area (Å²) in [6.07, 6.45) is 0. The van der Waals surface area contributed by atoms with Gasteiger partial charge in [-0.05, 0) is 176 Å². The Morgan fingerprint density at radius 1 is 0.164 bits per heavy atom. The summed E-state index contributed by atoms with van der Waals surface area (Å²) < 4.78 is 18.6. The smallest absolute Gasteiger partial charge is 0.238 e. The predicted molar refractivity (Wildman–Crippen MR) is 554 cm³/mol. The van der Waals surface area contributed by atoms with Crippen LogP contribution in [0.2, 0.25) is 0 Å². The van der Waals surface area contributed by atoms with Gasteiger partial charge in [-0.15, -0.1) is 0 Å². The minimum atomic E-state index is -3.66. The quantitative estimate of drug-likeness (QED) is 0.0746. The van der Waals surface area contributed by atoms with Gasteiger partial charge in [0.15, 0.2) is 0 Å². The van der Waals surface area contributed by atoms with Gasteiger partial charge in [-0.1, -0.05) is 322 Å². The third kappa shape index (κ3) is 10.9. The lowest BCUT2D eigenvalue weighted by Crippen LogP contribution is -2.75. The lowest BCUT2D eigenvalue weighted by Gasteiger charge is -2.34. The molecule has 0 fully saturated rings. The van der Waals surface area contributed by atoms with Crippen LogP contribution >= 0.6 is 0 Å². The van der Waals surface area contributed by atoms with Crippen LogP contribution in [0, 0.1) is 0 Å². The van der Waals surface area contributed by atoms with Gasteiger partial charge in [0, 0.05) is 71.2 Å². The summed E-state index contributed by atoms with van der Waals surface area (Å²) in [5.74, 6) is 3.85. The van der Waals surface area contributed by atoms with Crippen LogP contribution in [0.1, 0.15) is 0 Å². The molecule has 0 saturated carbocycles. The molecule has 0 spiro atoms. The second-order valence-corrected chi connectivity index (χ2v) is 42.4. The number of nitrogens with zero attached hydrogens (tertiary/aromatic N) is 14. The Morgan fingerprint density at radius 3 is 0.918 bits per heavy atom. The van der Waals surface area contributed by atoms with Crippen molar-refractivity contribution in [2.24, 2.45) is 0 Å². The summed E-state index contributed by atoms with van der Waals surface area (Å²) in [5, 5.41) is 18.1. The number of hydrogen-bond donors (Lipinski definition) is 0. The fourth-order valence-corrected chi connectivity index (χ4v) is 31.5. The van der Waals surface area contributed by atoms with E-state index >= 15 is 0 Å². The summed E-state index contributed by atoms with van der Waals surface area (Å²) >= 11 is 0. The van der Waals surface area contributed by atoms with E-state index in [0.717, 1.165) is 170 Å². The first-order chi connectivity index (χ1) is 66.5. The maximum Gasteiger partial charge on any atom is 0.238 e. The molecule has 0 aliphatic rings. The van der Waals surface area contributed by atoms with Crippen LogP contribution < -0.4 is 41.8 Å². The van der Waals surface area contributed by atoms with E-state index in [4.69, 9.17) is 29.9 Å². The van der Waals surface area contributed by atoms with E-state index in [1.807, 2.05) is 0 Å². The second-order valence-electron chi connectivity index (χ2n) is 34.9. The number of benzene rings is 18. The van der Waals surface area contributed by atoms with Gasteiger partial charge in [-0.25, -0.2) is 24.5 Å². The van der Waals surface area contributed by atoms with Crippen LogP contribution in [-0.4, -0.2) is 82.3 Å². The Labute approximate surface area is 768 Å². The Balaban J connectivity index is 0.658. The van der Waals surface area contributed by atoms with Gasteiger partial charge in [0.1, 0.15) is 11.6 Å². The van der Waals surface area contributed by atoms with Gasteiger partial charge in [-0.2, -0.15) is 9.97 Å². The lowest BCUT2D eigenvalue weighted by molar-refractivity contribution is 0.936. The van der Waals surface area contributed by atoms with Crippen molar-refractivity contribution in [1.82, 2.24) is 66.1 Å². The predicted octanol–water partition coefficient (Wildman–Crippen LogP) is 21.6. The highest BCUT2D eigenvalue weighted by molar-refractivity contribution is 7.20. The third-order valence-electron chi connectivity index (χ3n) is 28.0. The van der Waals surface area contributed by atoms with Crippen LogP contribution in [0.15, 0.2) is 461 Å². The number of imidazole rings is 4. The van der Waals surface area contributed by atoms with Crippen molar-refractivity contribution in [3.05, 3.63) is 461 Å². The van der Waals surface area contributed by atoms with Gasteiger partial charge < -0.3 is 9.13 Å². The molecule has 134 heavy (non-hydrogen) atoms. The highest BCUT2D eigenvalue weighted by Gasteiger charge is 2.47. The molecule has 0 atom stereocenters. The SMILES string of the molecule is c1ccc([Si](c2ccccc2)(c2cccc(-n3c4ccccc4c4ccccc43)c2)c2cc(-n3c4ccccc4c4cc(-c5ccc6nc7n(-c8nc(-n9c%10ccccc%10n%10c%11ccccc%11nc9%10)cc([Si](c9ccccc9)(c9ccccc9)c9cccc(-n%10c%11ccccc%11c%11ccccc%11%10)c9)n8)c8ccccc8n7c6c5)ccc43)nc(-n3c4ccccc4c4ccccc43)n2)cc1. The van der Waals surface area contributed by atoms with Crippen molar-refractivity contribution in [3.8, 4) is 46.0 Å². The minimum absolute atomic E-state index is 0.464. The molecule has 0 amide bonds. The fraction of sp³-hybridized carbons (Fsp3) is 0. The number of fused-ring (bicyclic) bond motifs is 22. The molecule has 28 aromatic rings. The standard InChI is InChI=1S/C118H76N14Si2/c1-5-37-81(38-6-1)133(82-39-7-2-8-40-82,85-45-33-35-79(73-85)125-97-55-21-13-47-87(97)88-48-14-22-56-98(88)125)113-75-111(121-115(123-113)128-102-60-26-17-51-91(102)92-52-18-27-61-103(92)128)127-101-59-25-19-53-93(101)94-71-77(68-70-104(94)127)78-67-69-96-110(72-78)130-107-64-30-32-66-109(107)132(118(130)120-96)116-122-112(131-108-65-31-29-63-106(108)129-105-62-28-20-54-95(105)119-117(129)131)76-114(124-116)134(83-41-9-3-10-42-83,84-43-11-4-12-44-84)86-46-34-36-80(74-86)126-99-57-23-15-49-89(99)90-50-16-24-58-100(90)126/h1-76H. The third-order valence-corrected chi connectivity index (χ3v) is 37.2. The summed E-state index contributed by atoms with van der Waals surface area (Å²) in [6, 6.07) is 168. The summed E-state index contributed by atoms with van der Waals surface area (Å²) in [4.78, 5) is 35.6. The first kappa shape index (κ1) is 75.3. The Kier molecular flexibility index (Phi) is 16.5. The van der Waals surface area contributed by atoms with Crippen molar-refractivity contribution < 1.29 is 0 Å². The van der Waals surface area contributed by atoms with E-state index in [9.17, 15) is 0 Å². The molecule has 0 bridgehead atoms. The van der Waals surface area contributed by atoms with Crippen LogP contribution in [0.4, 0.5) is 0 Å². The van der Waals surface area contributed by atoms with Gasteiger partial charge in [0.05, 0.1) is 88.3 Å². The molecule has 16 heteroatoms. The van der Waals surface area contributed by atoms with Crippen molar-refractivity contribution >= 4 is 201 Å². The van der Waals surface area contributed by atoms with E-state index in [0.29, 0.717) is 23.5 Å². The number of rotatable bonds is 15. The van der Waals surface area contributed by atoms with Crippen LogP contribution in [0.3, 0.4) is 0 Å². The molecule has 0 radical (unpaired) electrons. The summed E-state index contributed by atoms with van der Waals surface area (Å²) in [6.45, 7) is 0. The van der Waals surface area contributed by atoms with Crippen LogP contribution in [0.5, 0.6) is 0 Å². The molecule has 10 aromatic heterocycles. The van der Waals surface area contributed by atoms with Crippen LogP contribution in [-0.2, 0) is 0 Å². The molecule has 18 aromatic carbocycles. The normalized spacial score (nSPS) is 12.3. The molecule has 14 nitrogen and oxygen atoms in total. The molecular formula is C118H76N14Si2. The molecule has 0 aliphatic heterocycles. The zero-order valence-electron chi connectivity index (χ0n) is 72.1. The zero-order chi connectivity index (χ0) is 87.9. The Hall–Kier alpha value is -17.7. The average Bonchev–Trinajstić information content (AvgIpc) is 1.34. The largest absolute Gasteiger partial charge is 0.309 e. The second kappa shape index (κ2) is 29.4. The fourth-order valence-electron chi connectivity index (χ4n) is 22.3. The summed E-state index contributed by atoms with van der Waals surface area (Å²) in [5.41, 5.74) is 20.2. The molecule has 0 unspecified atom stereocenters. The molecule has 10 heterocycles.